The molecule has 8 aromatic carbocycles. The molecule has 16 heteroatoms. The molecular formula is C59H50Cl2N6O8. The first-order valence-corrected chi connectivity index (χ1v) is 24.0. The third kappa shape index (κ3) is 14.9. The van der Waals surface area contributed by atoms with E-state index >= 15 is 0 Å². The summed E-state index contributed by atoms with van der Waals surface area (Å²) in [6, 6.07) is 57.7. The van der Waals surface area contributed by atoms with E-state index in [-0.39, 0.29) is 25.0 Å². The van der Waals surface area contributed by atoms with Crippen molar-refractivity contribution in [2.24, 2.45) is 15.7 Å². The SMILES string of the molecule is NCc1ccccc1N.O=C(Cl)c1ccc(C(=O)Cl)cc1.O=C(Nc1ccccc1CO)c1ccc(C(=O)Nc2ccccc2CO)cc1.c1ccc2c(c1)COC(c1ccc(C3=Nc4ccccc4CO3)cc1)=N2. The number of aliphatic imine (C=N–C) groups is 2. The smallest absolute Gasteiger partial charge is 0.255 e. The van der Waals surface area contributed by atoms with Crippen molar-refractivity contribution in [3.63, 3.8) is 0 Å². The van der Waals surface area contributed by atoms with Gasteiger partial charge in [0.15, 0.2) is 0 Å². The first-order chi connectivity index (χ1) is 36.4. The summed E-state index contributed by atoms with van der Waals surface area (Å²) in [5, 5.41) is 23.1. The monoisotopic (exact) mass is 1040 g/mol. The number of nitrogens with two attached hydrogens (primary N) is 2. The van der Waals surface area contributed by atoms with Gasteiger partial charge in [-0.15, -0.1) is 0 Å². The summed E-state index contributed by atoms with van der Waals surface area (Å²) in [5.74, 6) is 0.621. The lowest BCUT2D eigenvalue weighted by molar-refractivity contribution is 0.101. The molecule has 0 unspecified atom stereocenters. The van der Waals surface area contributed by atoms with Crippen LogP contribution >= 0.6 is 23.2 Å². The van der Waals surface area contributed by atoms with Crippen LogP contribution < -0.4 is 22.1 Å². The molecule has 0 spiro atoms. The van der Waals surface area contributed by atoms with Crippen molar-refractivity contribution >= 4 is 85.7 Å². The number of hydrogen-bond acceptors (Lipinski definition) is 12. The third-order valence-corrected chi connectivity index (χ3v) is 11.9. The van der Waals surface area contributed by atoms with E-state index in [9.17, 15) is 29.4 Å². The number of nitrogens with zero attached hydrogens (tertiary/aromatic N) is 2. The number of anilines is 3. The topological polar surface area (TPSA) is 228 Å². The second-order valence-corrected chi connectivity index (χ2v) is 17.1. The maximum absolute atomic E-state index is 12.4. The maximum Gasteiger partial charge on any atom is 0.255 e. The zero-order chi connectivity index (χ0) is 53.1. The first kappa shape index (κ1) is 54.0. The van der Waals surface area contributed by atoms with Crippen molar-refractivity contribution in [3.05, 3.63) is 255 Å². The molecule has 10 rings (SSSR count). The van der Waals surface area contributed by atoms with Crippen LogP contribution in [0.1, 0.15) is 80.4 Å². The molecule has 0 atom stereocenters. The van der Waals surface area contributed by atoms with Gasteiger partial charge in [-0.3, -0.25) is 19.2 Å². The highest BCUT2D eigenvalue weighted by molar-refractivity contribution is 6.68. The van der Waals surface area contributed by atoms with Crippen LogP contribution in [-0.2, 0) is 42.4 Å². The molecule has 2 heterocycles. The van der Waals surface area contributed by atoms with Gasteiger partial charge in [-0.05, 0) is 132 Å². The number of fused-ring (bicyclic) bond motifs is 2. The Morgan fingerprint density at radius 1 is 0.467 bits per heavy atom. The molecule has 0 radical (unpaired) electrons. The normalized spacial score (nSPS) is 11.7. The minimum absolute atomic E-state index is 0.176. The van der Waals surface area contributed by atoms with Crippen molar-refractivity contribution in [1.29, 1.82) is 0 Å². The van der Waals surface area contributed by atoms with E-state index in [1.54, 1.807) is 72.8 Å². The summed E-state index contributed by atoms with van der Waals surface area (Å²) in [4.78, 5) is 55.2. The number of nitrogen functional groups attached to an aromatic ring is 1. The number of halogens is 2. The largest absolute Gasteiger partial charge is 0.472 e. The number of carbonyl (C=O) groups is 4. The average Bonchev–Trinajstić information content (AvgIpc) is 3.46. The van der Waals surface area contributed by atoms with Gasteiger partial charge in [0.05, 0.1) is 24.6 Å². The van der Waals surface area contributed by atoms with Gasteiger partial charge in [0, 0.05) is 79.2 Å². The lowest BCUT2D eigenvalue weighted by Gasteiger charge is -2.18. The Hall–Kier alpha value is -8.76. The number of rotatable bonds is 11. The number of carbonyl (C=O) groups excluding carboxylic acids is 4. The molecule has 14 nitrogen and oxygen atoms in total. The van der Waals surface area contributed by atoms with Gasteiger partial charge in [0.25, 0.3) is 22.3 Å². The Bertz CT molecular complexity index is 3150. The van der Waals surface area contributed by atoms with E-state index in [0.29, 0.717) is 76.3 Å². The molecule has 0 fully saturated rings. The molecule has 378 valence electrons. The minimum Gasteiger partial charge on any atom is -0.472 e. The average molecular weight is 1040 g/mol. The minimum atomic E-state index is -0.552. The fourth-order valence-electron chi connectivity index (χ4n) is 7.29. The number of nitrogens with one attached hydrogen (secondary N) is 2. The molecule has 2 amide bonds. The van der Waals surface area contributed by atoms with Crippen molar-refractivity contribution in [2.75, 3.05) is 16.4 Å². The molecule has 2 aliphatic heterocycles. The highest BCUT2D eigenvalue weighted by atomic mass is 35.5. The molecule has 0 aliphatic carbocycles. The van der Waals surface area contributed by atoms with E-state index < -0.39 is 10.5 Å². The van der Waals surface area contributed by atoms with Crippen LogP contribution in [0.5, 0.6) is 0 Å². The summed E-state index contributed by atoms with van der Waals surface area (Å²) in [6.07, 6.45) is 0. The van der Waals surface area contributed by atoms with Crippen molar-refractivity contribution in [3.8, 4) is 0 Å². The van der Waals surface area contributed by atoms with Crippen molar-refractivity contribution in [1.82, 2.24) is 0 Å². The third-order valence-electron chi connectivity index (χ3n) is 11.4. The molecule has 8 aromatic rings. The predicted octanol–water partition coefficient (Wildman–Crippen LogP) is 11.3. The molecule has 0 saturated carbocycles. The fraction of sp³-hybridized carbons (Fsp3) is 0.0847. The van der Waals surface area contributed by atoms with E-state index in [0.717, 1.165) is 44.9 Å². The highest BCUT2D eigenvalue weighted by Crippen LogP contribution is 2.28. The molecule has 0 saturated heterocycles. The summed E-state index contributed by atoms with van der Waals surface area (Å²) in [6.45, 7) is 1.26. The van der Waals surface area contributed by atoms with Crippen LogP contribution in [0.25, 0.3) is 0 Å². The van der Waals surface area contributed by atoms with Crippen LogP contribution in [-0.4, -0.2) is 44.3 Å². The molecule has 75 heavy (non-hydrogen) atoms. The van der Waals surface area contributed by atoms with E-state index in [1.807, 2.05) is 97.1 Å². The van der Waals surface area contributed by atoms with E-state index in [2.05, 4.69) is 20.6 Å². The van der Waals surface area contributed by atoms with Crippen molar-refractivity contribution < 1.29 is 38.9 Å². The number of ether oxygens (including phenoxy) is 2. The van der Waals surface area contributed by atoms with E-state index in [1.165, 1.54) is 24.3 Å². The number of aliphatic hydroxyl groups is 2. The van der Waals surface area contributed by atoms with Crippen molar-refractivity contribution in [2.45, 2.75) is 33.0 Å². The number of aliphatic hydroxyl groups excluding tert-OH is 2. The van der Waals surface area contributed by atoms with Crippen LogP contribution in [0.3, 0.4) is 0 Å². The fourth-order valence-corrected chi connectivity index (χ4v) is 7.54. The Labute approximate surface area is 442 Å². The molecular weight excluding hydrogens is 992 g/mol. The lowest BCUT2D eigenvalue weighted by atomic mass is 10.1. The molecule has 0 bridgehead atoms. The standard InChI is InChI=1S/C22H20N2O4.C22H16N2O2.C8H4Cl2O2.C7H10N2/c25-13-17-5-1-3-7-19(17)23-21(27)15-9-11-16(12-10-15)22(28)24-20-8-4-2-6-18(20)14-26;1-3-7-19-17(5-1)13-25-21(23-19)15-9-11-16(12-10-15)22-24-20-8-4-2-6-18(20)14-26-22;9-7(11)5-1-2-6(4-3-5)8(10)12;8-5-6-3-1-2-4-7(6)9/h1-12,25-26H,13-14H2,(H,23,27)(H,24,28);1-12H,13-14H2;1-4H;1-4H,5,8-9H2. The van der Waals surface area contributed by atoms with Gasteiger partial charge < -0.3 is 41.8 Å². The van der Waals surface area contributed by atoms with Gasteiger partial charge in [-0.25, -0.2) is 9.98 Å². The van der Waals surface area contributed by atoms with Crippen LogP contribution in [0.15, 0.2) is 204 Å². The quantitative estimate of drug-likeness (QED) is 0.0530. The van der Waals surface area contributed by atoms with Crippen LogP contribution in [0.2, 0.25) is 0 Å². The lowest BCUT2D eigenvalue weighted by Crippen LogP contribution is -2.15. The molecule has 0 aromatic heterocycles. The predicted molar refractivity (Wildman–Crippen MR) is 294 cm³/mol. The first-order valence-electron chi connectivity index (χ1n) is 23.3. The Kier molecular flexibility index (Phi) is 19.3. The zero-order valence-electron chi connectivity index (χ0n) is 40.2. The number of benzene rings is 8. The Morgan fingerprint density at radius 2 is 0.813 bits per heavy atom. The van der Waals surface area contributed by atoms with Crippen LogP contribution in [0.4, 0.5) is 28.4 Å². The molecule has 2 aliphatic rings. The number of hydrogen-bond donors (Lipinski definition) is 6. The summed E-state index contributed by atoms with van der Waals surface area (Å²) in [5.41, 5.74) is 22.5. The number of amides is 2. The molecule has 8 N–H and O–H groups in total. The van der Waals surface area contributed by atoms with E-state index in [4.69, 9.17) is 44.1 Å². The zero-order valence-corrected chi connectivity index (χ0v) is 41.7. The maximum atomic E-state index is 12.4. The van der Waals surface area contributed by atoms with Gasteiger partial charge >= 0.3 is 0 Å². The van der Waals surface area contributed by atoms with Gasteiger partial charge in [-0.1, -0.05) is 91.0 Å². The second-order valence-electron chi connectivity index (χ2n) is 16.4. The van der Waals surface area contributed by atoms with Crippen LogP contribution in [0, 0.1) is 0 Å². The summed E-state index contributed by atoms with van der Waals surface area (Å²) >= 11 is 10.4. The van der Waals surface area contributed by atoms with Gasteiger partial charge in [0.1, 0.15) is 13.2 Å². The summed E-state index contributed by atoms with van der Waals surface area (Å²) < 4.78 is 11.6. The number of para-hydroxylation sites is 5. The van der Waals surface area contributed by atoms with Gasteiger partial charge in [-0.2, -0.15) is 0 Å². The van der Waals surface area contributed by atoms with Gasteiger partial charge in [0.2, 0.25) is 11.8 Å². The highest BCUT2D eigenvalue weighted by Gasteiger charge is 2.18. The summed E-state index contributed by atoms with van der Waals surface area (Å²) in [7, 11) is 0. The Morgan fingerprint density at radius 3 is 1.17 bits per heavy atom. The second kappa shape index (κ2) is 26.8. The Balaban J connectivity index is 0.000000160.